The standard InChI is InChI=1S/C14H23N3OSi/c1-14(2,3)19(4,5)18-13-8-6-7-12(11-13)9-10-16-17-15/h6-8,11H,9-10H2,1-5H3. The molecule has 1 aromatic carbocycles. The minimum absolute atomic E-state index is 0.189. The zero-order valence-corrected chi connectivity index (χ0v) is 13.5. The van der Waals surface area contributed by atoms with Gasteiger partial charge in [-0.2, -0.15) is 0 Å². The Morgan fingerprint density at radius 3 is 2.58 bits per heavy atom. The Morgan fingerprint density at radius 1 is 1.32 bits per heavy atom. The molecule has 0 amide bonds. The van der Waals surface area contributed by atoms with Crippen molar-refractivity contribution in [3.05, 3.63) is 40.3 Å². The van der Waals surface area contributed by atoms with E-state index in [0.29, 0.717) is 6.54 Å². The van der Waals surface area contributed by atoms with Gasteiger partial charge in [0.05, 0.1) is 0 Å². The van der Waals surface area contributed by atoms with E-state index in [4.69, 9.17) is 9.96 Å². The Hall–Kier alpha value is -1.45. The number of azide groups is 1. The van der Waals surface area contributed by atoms with Crippen LogP contribution in [0.25, 0.3) is 10.4 Å². The molecule has 19 heavy (non-hydrogen) atoms. The van der Waals surface area contributed by atoms with Crippen molar-refractivity contribution in [3.63, 3.8) is 0 Å². The largest absolute Gasteiger partial charge is 0.543 e. The van der Waals surface area contributed by atoms with Crippen molar-refractivity contribution in [1.29, 1.82) is 0 Å². The minimum atomic E-state index is -1.79. The highest BCUT2D eigenvalue weighted by atomic mass is 28.4. The molecule has 0 unspecified atom stereocenters. The van der Waals surface area contributed by atoms with Crippen molar-refractivity contribution in [2.45, 2.75) is 45.3 Å². The maximum Gasteiger partial charge on any atom is 0.250 e. The molecule has 0 heterocycles. The summed E-state index contributed by atoms with van der Waals surface area (Å²) in [5.41, 5.74) is 9.42. The maximum atomic E-state index is 8.28. The van der Waals surface area contributed by atoms with Gasteiger partial charge in [0.15, 0.2) is 0 Å². The summed E-state index contributed by atoms with van der Waals surface area (Å²) >= 11 is 0. The average Bonchev–Trinajstić information content (AvgIpc) is 2.27. The summed E-state index contributed by atoms with van der Waals surface area (Å²) in [5.74, 6) is 0.921. The number of benzene rings is 1. The number of rotatable bonds is 5. The topological polar surface area (TPSA) is 58.0 Å². The third-order valence-electron chi connectivity index (χ3n) is 3.64. The molecule has 0 radical (unpaired) electrons. The molecule has 0 spiro atoms. The summed E-state index contributed by atoms with van der Waals surface area (Å²) in [6, 6.07) is 8.07. The fourth-order valence-electron chi connectivity index (χ4n) is 1.44. The third-order valence-corrected chi connectivity index (χ3v) is 8.00. The lowest BCUT2D eigenvalue weighted by Gasteiger charge is -2.36. The van der Waals surface area contributed by atoms with E-state index >= 15 is 0 Å². The predicted octanol–water partition coefficient (Wildman–Crippen LogP) is 4.92. The van der Waals surface area contributed by atoms with Gasteiger partial charge in [0.2, 0.25) is 8.32 Å². The van der Waals surface area contributed by atoms with Gasteiger partial charge < -0.3 is 4.43 Å². The van der Waals surface area contributed by atoms with Crippen molar-refractivity contribution >= 4 is 8.32 Å². The molecule has 0 aliphatic heterocycles. The number of hydrogen-bond donors (Lipinski definition) is 0. The van der Waals surface area contributed by atoms with Crippen molar-refractivity contribution in [2.75, 3.05) is 6.54 Å². The van der Waals surface area contributed by atoms with Crippen molar-refractivity contribution < 1.29 is 4.43 Å². The van der Waals surface area contributed by atoms with E-state index in [9.17, 15) is 0 Å². The lowest BCUT2D eigenvalue weighted by molar-refractivity contribution is 0.491. The summed E-state index contributed by atoms with van der Waals surface area (Å²) in [7, 11) is -1.79. The Labute approximate surface area is 116 Å². The van der Waals surface area contributed by atoms with Gasteiger partial charge in [0, 0.05) is 11.5 Å². The second-order valence-electron chi connectivity index (χ2n) is 6.21. The fourth-order valence-corrected chi connectivity index (χ4v) is 2.46. The first-order valence-corrected chi connectivity index (χ1v) is 9.46. The van der Waals surface area contributed by atoms with Crippen LogP contribution >= 0.6 is 0 Å². The highest BCUT2D eigenvalue weighted by Gasteiger charge is 2.38. The molecule has 0 bridgehead atoms. The number of nitrogens with zero attached hydrogens (tertiary/aromatic N) is 3. The molecule has 0 saturated heterocycles. The van der Waals surface area contributed by atoms with Crippen LogP contribution in [-0.2, 0) is 6.42 Å². The first-order chi connectivity index (χ1) is 8.76. The Balaban J connectivity index is 2.80. The van der Waals surface area contributed by atoms with Gasteiger partial charge >= 0.3 is 0 Å². The van der Waals surface area contributed by atoms with Crippen molar-refractivity contribution in [1.82, 2.24) is 0 Å². The predicted molar refractivity (Wildman–Crippen MR) is 82.0 cm³/mol. The molecule has 0 saturated carbocycles. The maximum absolute atomic E-state index is 8.28. The van der Waals surface area contributed by atoms with Crippen LogP contribution in [0, 0.1) is 0 Å². The summed E-state index contributed by atoms with van der Waals surface area (Å²) in [4.78, 5) is 2.77. The van der Waals surface area contributed by atoms with E-state index in [2.05, 4.69) is 43.9 Å². The molecule has 1 aromatic rings. The lowest BCUT2D eigenvalue weighted by atomic mass is 10.1. The van der Waals surface area contributed by atoms with Crippen molar-refractivity contribution in [2.24, 2.45) is 5.11 Å². The summed E-state index contributed by atoms with van der Waals surface area (Å²) < 4.78 is 6.25. The SMILES string of the molecule is CC(C)(C)[Si](C)(C)Oc1cccc(CCN=[N+]=[N-])c1. The lowest BCUT2D eigenvalue weighted by Crippen LogP contribution is -2.43. The smallest absolute Gasteiger partial charge is 0.250 e. The molecule has 5 heteroatoms. The normalized spacial score (nSPS) is 11.8. The fraction of sp³-hybridized carbons (Fsp3) is 0.571. The number of hydrogen-bond acceptors (Lipinski definition) is 2. The van der Waals surface area contributed by atoms with Crippen LogP contribution in [0.5, 0.6) is 5.75 Å². The van der Waals surface area contributed by atoms with Crippen molar-refractivity contribution in [3.8, 4) is 5.75 Å². The van der Waals surface area contributed by atoms with E-state index < -0.39 is 8.32 Å². The Bertz CT molecular complexity index is 474. The van der Waals surface area contributed by atoms with Crippen LogP contribution in [0.3, 0.4) is 0 Å². The van der Waals surface area contributed by atoms with Crippen LogP contribution in [-0.4, -0.2) is 14.9 Å². The highest BCUT2D eigenvalue weighted by molar-refractivity contribution is 6.74. The molecule has 0 fully saturated rings. The zero-order valence-electron chi connectivity index (χ0n) is 12.5. The van der Waals surface area contributed by atoms with Gasteiger partial charge in [-0.05, 0) is 47.8 Å². The van der Waals surface area contributed by atoms with E-state index in [1.807, 2.05) is 24.3 Å². The van der Waals surface area contributed by atoms with Crippen LogP contribution in [0.15, 0.2) is 29.4 Å². The van der Waals surface area contributed by atoms with E-state index in [1.165, 1.54) is 0 Å². The summed E-state index contributed by atoms with van der Waals surface area (Å²) in [6.45, 7) is 11.6. The summed E-state index contributed by atoms with van der Waals surface area (Å²) in [6.07, 6.45) is 0.749. The van der Waals surface area contributed by atoms with Gasteiger partial charge in [0.1, 0.15) is 5.75 Å². The molecule has 1 rings (SSSR count). The Kier molecular flexibility index (Phi) is 5.03. The molecule has 104 valence electrons. The molecule has 0 aliphatic carbocycles. The van der Waals surface area contributed by atoms with Crippen LogP contribution in [0.1, 0.15) is 26.3 Å². The second-order valence-corrected chi connectivity index (χ2v) is 10.9. The third kappa shape index (κ3) is 4.61. The van der Waals surface area contributed by atoms with Gasteiger partial charge in [-0.25, -0.2) is 0 Å². The van der Waals surface area contributed by atoms with Gasteiger partial charge in [-0.1, -0.05) is 38.0 Å². The zero-order chi connectivity index (χ0) is 14.5. The molecular weight excluding hydrogens is 254 g/mol. The van der Waals surface area contributed by atoms with E-state index in [0.717, 1.165) is 17.7 Å². The monoisotopic (exact) mass is 277 g/mol. The quantitative estimate of drug-likeness (QED) is 0.326. The van der Waals surface area contributed by atoms with Crippen LogP contribution < -0.4 is 4.43 Å². The minimum Gasteiger partial charge on any atom is -0.543 e. The van der Waals surface area contributed by atoms with Crippen LogP contribution in [0.2, 0.25) is 18.1 Å². The first kappa shape index (κ1) is 15.6. The van der Waals surface area contributed by atoms with Gasteiger partial charge in [-0.15, -0.1) is 0 Å². The van der Waals surface area contributed by atoms with Gasteiger partial charge in [-0.3, -0.25) is 0 Å². The molecule has 4 nitrogen and oxygen atoms in total. The molecule has 0 aliphatic rings. The first-order valence-electron chi connectivity index (χ1n) is 6.55. The summed E-state index contributed by atoms with van der Waals surface area (Å²) in [5, 5.41) is 3.75. The van der Waals surface area contributed by atoms with E-state index in [1.54, 1.807) is 0 Å². The molecule has 0 atom stereocenters. The van der Waals surface area contributed by atoms with E-state index in [-0.39, 0.29) is 5.04 Å². The molecular formula is C14H23N3OSi. The Morgan fingerprint density at radius 2 is 2.00 bits per heavy atom. The van der Waals surface area contributed by atoms with Gasteiger partial charge in [0.25, 0.3) is 0 Å². The molecule has 0 N–H and O–H groups in total. The second kappa shape index (κ2) is 6.13. The molecule has 0 aromatic heterocycles. The van der Waals surface area contributed by atoms with Crippen LogP contribution in [0.4, 0.5) is 0 Å². The highest BCUT2D eigenvalue weighted by Crippen LogP contribution is 2.37. The average molecular weight is 277 g/mol.